The highest BCUT2D eigenvalue weighted by atomic mass is 15.4. The lowest BCUT2D eigenvalue weighted by atomic mass is 10.4. The molecule has 0 unspecified atom stereocenters. The average molecular weight is 220 g/mol. The molecule has 0 aromatic carbocycles. The predicted octanol–water partition coefficient (Wildman–Crippen LogP) is 0.191. The number of hydrogen-bond acceptors (Lipinski definition) is 4. The van der Waals surface area contributed by atoms with E-state index in [1.165, 1.54) is 0 Å². The molecule has 0 aliphatic heterocycles. The van der Waals surface area contributed by atoms with Gasteiger partial charge in [-0.2, -0.15) is 0 Å². The van der Waals surface area contributed by atoms with Gasteiger partial charge in [-0.15, -0.1) is 5.10 Å². The normalized spacial score (nSPS) is 10.8. The first-order valence-corrected chi connectivity index (χ1v) is 5.37. The number of aromatic nitrogens is 5. The molecule has 2 aromatic rings. The van der Waals surface area contributed by atoms with Crippen molar-refractivity contribution in [3.8, 4) is 0 Å². The van der Waals surface area contributed by atoms with Gasteiger partial charge in [-0.25, -0.2) is 4.98 Å². The molecule has 0 aliphatic carbocycles. The van der Waals surface area contributed by atoms with Gasteiger partial charge in [-0.1, -0.05) is 5.21 Å². The van der Waals surface area contributed by atoms with Gasteiger partial charge in [0.25, 0.3) is 0 Å². The van der Waals surface area contributed by atoms with E-state index >= 15 is 0 Å². The summed E-state index contributed by atoms with van der Waals surface area (Å²) in [6.07, 6.45) is 8.37. The number of nitrogens with zero attached hydrogens (tertiary/aromatic N) is 5. The lowest BCUT2D eigenvalue weighted by Crippen LogP contribution is -2.18. The molecule has 16 heavy (non-hydrogen) atoms. The largest absolute Gasteiger partial charge is 0.337 e. The molecule has 0 atom stereocenters. The third-order valence-corrected chi connectivity index (χ3v) is 2.42. The monoisotopic (exact) mass is 220 g/mol. The molecule has 0 bridgehead atoms. The molecule has 0 spiro atoms. The summed E-state index contributed by atoms with van der Waals surface area (Å²) in [6.45, 7) is 2.65. The van der Waals surface area contributed by atoms with Gasteiger partial charge in [0.1, 0.15) is 5.82 Å². The summed E-state index contributed by atoms with van der Waals surface area (Å²) in [5.41, 5.74) is 0. The van der Waals surface area contributed by atoms with Crippen LogP contribution in [0.4, 0.5) is 0 Å². The van der Waals surface area contributed by atoms with E-state index in [4.69, 9.17) is 0 Å². The van der Waals surface area contributed by atoms with Crippen LogP contribution >= 0.6 is 0 Å². The van der Waals surface area contributed by atoms with Gasteiger partial charge in [-0.05, 0) is 13.0 Å². The summed E-state index contributed by atoms with van der Waals surface area (Å²) in [4.78, 5) is 4.24. The summed E-state index contributed by atoms with van der Waals surface area (Å²) in [6, 6.07) is 0. The Bertz CT molecular complexity index is 405. The standard InChI is InChI=1S/C10H16N6/c1-15-7-4-12-10(15)9-11-3-2-6-16-8-5-13-14-16/h4-5,7-8,11H,2-3,6,9H2,1H3. The number of aryl methyl sites for hydroxylation is 2. The Morgan fingerprint density at radius 1 is 1.31 bits per heavy atom. The molecule has 2 heterocycles. The van der Waals surface area contributed by atoms with Crippen molar-refractivity contribution >= 4 is 0 Å². The molecule has 0 aliphatic rings. The summed E-state index contributed by atoms with van der Waals surface area (Å²) in [7, 11) is 2.00. The number of hydrogen-bond donors (Lipinski definition) is 1. The minimum absolute atomic E-state index is 0.806. The van der Waals surface area contributed by atoms with E-state index in [1.807, 2.05) is 34.9 Å². The molecule has 0 fully saturated rings. The Balaban J connectivity index is 1.61. The first-order chi connectivity index (χ1) is 7.86. The van der Waals surface area contributed by atoms with E-state index in [0.717, 1.165) is 31.9 Å². The van der Waals surface area contributed by atoms with Gasteiger partial charge in [-0.3, -0.25) is 4.68 Å². The van der Waals surface area contributed by atoms with Crippen molar-refractivity contribution in [1.29, 1.82) is 0 Å². The highest BCUT2D eigenvalue weighted by molar-refractivity contribution is 4.90. The molecule has 6 heteroatoms. The second-order valence-corrected chi connectivity index (χ2v) is 3.65. The quantitative estimate of drug-likeness (QED) is 0.706. The van der Waals surface area contributed by atoms with Crippen molar-refractivity contribution in [2.24, 2.45) is 7.05 Å². The third-order valence-electron chi connectivity index (χ3n) is 2.42. The summed E-state index contributed by atoms with van der Waals surface area (Å²) in [5.74, 6) is 1.06. The molecule has 0 saturated carbocycles. The Morgan fingerprint density at radius 3 is 2.94 bits per heavy atom. The van der Waals surface area contributed by atoms with Crippen molar-refractivity contribution in [1.82, 2.24) is 29.9 Å². The molecule has 0 radical (unpaired) electrons. The molecule has 2 aromatic heterocycles. The number of nitrogens with one attached hydrogen (secondary N) is 1. The van der Waals surface area contributed by atoms with Gasteiger partial charge >= 0.3 is 0 Å². The summed E-state index contributed by atoms with van der Waals surface area (Å²) < 4.78 is 3.85. The fourth-order valence-corrected chi connectivity index (χ4v) is 1.49. The summed E-state index contributed by atoms with van der Waals surface area (Å²) >= 11 is 0. The first kappa shape index (κ1) is 10.8. The third kappa shape index (κ3) is 2.90. The van der Waals surface area contributed by atoms with Gasteiger partial charge in [0.15, 0.2) is 0 Å². The minimum atomic E-state index is 0.806. The van der Waals surface area contributed by atoms with Crippen LogP contribution in [0.25, 0.3) is 0 Å². The Hall–Kier alpha value is -1.69. The Morgan fingerprint density at radius 2 is 2.25 bits per heavy atom. The maximum atomic E-state index is 4.24. The Labute approximate surface area is 94.3 Å². The van der Waals surface area contributed by atoms with Crippen LogP contribution in [0.3, 0.4) is 0 Å². The van der Waals surface area contributed by atoms with Crippen molar-refractivity contribution in [3.05, 3.63) is 30.6 Å². The van der Waals surface area contributed by atoms with Crippen molar-refractivity contribution in [3.63, 3.8) is 0 Å². The molecular formula is C10H16N6. The topological polar surface area (TPSA) is 60.6 Å². The van der Waals surface area contributed by atoms with Crippen molar-refractivity contribution in [2.75, 3.05) is 6.54 Å². The molecule has 2 rings (SSSR count). The van der Waals surface area contributed by atoms with Gasteiger partial charge in [0.05, 0.1) is 12.7 Å². The van der Waals surface area contributed by atoms with E-state index < -0.39 is 0 Å². The molecular weight excluding hydrogens is 204 g/mol. The van der Waals surface area contributed by atoms with Crippen LogP contribution in [0, 0.1) is 0 Å². The second kappa shape index (κ2) is 5.41. The fourth-order valence-electron chi connectivity index (χ4n) is 1.49. The second-order valence-electron chi connectivity index (χ2n) is 3.65. The highest BCUT2D eigenvalue weighted by Gasteiger charge is 1.97. The van der Waals surface area contributed by atoms with Crippen LogP contribution < -0.4 is 5.32 Å². The highest BCUT2D eigenvalue weighted by Crippen LogP contribution is 1.93. The zero-order valence-electron chi connectivity index (χ0n) is 9.37. The van der Waals surface area contributed by atoms with Crippen LogP contribution in [0.1, 0.15) is 12.2 Å². The van der Waals surface area contributed by atoms with Gasteiger partial charge in [0, 0.05) is 32.2 Å². The van der Waals surface area contributed by atoms with E-state index in [0.29, 0.717) is 0 Å². The lowest BCUT2D eigenvalue weighted by Gasteiger charge is -2.04. The maximum Gasteiger partial charge on any atom is 0.122 e. The van der Waals surface area contributed by atoms with Crippen molar-refractivity contribution < 1.29 is 0 Å². The van der Waals surface area contributed by atoms with E-state index in [-0.39, 0.29) is 0 Å². The lowest BCUT2D eigenvalue weighted by molar-refractivity contribution is 0.523. The average Bonchev–Trinajstić information content (AvgIpc) is 2.90. The smallest absolute Gasteiger partial charge is 0.122 e. The first-order valence-electron chi connectivity index (χ1n) is 5.37. The SMILES string of the molecule is Cn1ccnc1CNCCCn1ccnn1. The fraction of sp³-hybridized carbons (Fsp3) is 0.500. The van der Waals surface area contributed by atoms with Gasteiger partial charge < -0.3 is 9.88 Å². The van der Waals surface area contributed by atoms with Crippen LogP contribution in [-0.2, 0) is 20.1 Å². The van der Waals surface area contributed by atoms with Crippen LogP contribution in [0.5, 0.6) is 0 Å². The molecule has 6 nitrogen and oxygen atoms in total. The molecule has 0 amide bonds. The van der Waals surface area contributed by atoms with Crippen molar-refractivity contribution in [2.45, 2.75) is 19.5 Å². The van der Waals surface area contributed by atoms with Crippen LogP contribution in [0.2, 0.25) is 0 Å². The van der Waals surface area contributed by atoms with Crippen LogP contribution in [-0.4, -0.2) is 31.1 Å². The molecule has 0 saturated heterocycles. The Kier molecular flexibility index (Phi) is 3.66. The maximum absolute atomic E-state index is 4.24. The zero-order valence-corrected chi connectivity index (χ0v) is 9.37. The zero-order chi connectivity index (χ0) is 11.2. The van der Waals surface area contributed by atoms with Gasteiger partial charge in [0.2, 0.25) is 0 Å². The van der Waals surface area contributed by atoms with E-state index in [2.05, 4.69) is 20.6 Å². The van der Waals surface area contributed by atoms with E-state index in [1.54, 1.807) is 6.20 Å². The number of imidazole rings is 1. The molecule has 86 valence electrons. The minimum Gasteiger partial charge on any atom is -0.337 e. The molecule has 1 N–H and O–H groups in total. The summed E-state index contributed by atoms with van der Waals surface area (Å²) in [5, 5.41) is 11.0. The van der Waals surface area contributed by atoms with Crippen LogP contribution in [0.15, 0.2) is 24.8 Å². The van der Waals surface area contributed by atoms with E-state index in [9.17, 15) is 0 Å². The number of rotatable bonds is 6. The predicted molar refractivity (Wildman–Crippen MR) is 59.6 cm³/mol.